The van der Waals surface area contributed by atoms with E-state index < -0.39 is 0 Å². The third kappa shape index (κ3) is 2.54. The van der Waals surface area contributed by atoms with Gasteiger partial charge in [-0.25, -0.2) is 0 Å². The predicted molar refractivity (Wildman–Crippen MR) is 75.6 cm³/mol. The van der Waals surface area contributed by atoms with Crippen molar-refractivity contribution < 1.29 is 0 Å². The minimum atomic E-state index is 0.920. The first-order chi connectivity index (χ1) is 8.92. The van der Waals surface area contributed by atoms with Gasteiger partial charge in [-0.15, -0.1) is 0 Å². The van der Waals surface area contributed by atoms with E-state index in [1.807, 2.05) is 0 Å². The van der Waals surface area contributed by atoms with Crippen molar-refractivity contribution in [2.24, 2.45) is 0 Å². The van der Waals surface area contributed by atoms with Gasteiger partial charge in [0, 0.05) is 25.3 Å². The number of rotatable bonds is 4. The molecule has 0 amide bonds. The van der Waals surface area contributed by atoms with Gasteiger partial charge >= 0.3 is 0 Å². The highest BCUT2D eigenvalue weighted by Crippen LogP contribution is 2.23. The molecule has 0 atom stereocenters. The summed E-state index contributed by atoms with van der Waals surface area (Å²) in [5.74, 6) is 0. The molecular formula is C16H18N2. The molecule has 0 saturated carbocycles. The van der Waals surface area contributed by atoms with Crippen LogP contribution in [0.3, 0.4) is 0 Å². The van der Waals surface area contributed by atoms with Gasteiger partial charge in [-0.2, -0.15) is 0 Å². The lowest BCUT2D eigenvalue weighted by molar-refractivity contribution is 0.693. The summed E-state index contributed by atoms with van der Waals surface area (Å²) >= 11 is 0. The monoisotopic (exact) mass is 238 g/mol. The standard InChI is InChI=1S/C16H18N2/c1-2-4-13(5-3-1)11-17-12-14-6-7-15-8-9-18-16(15)10-14/h1-7,10,17-18H,8-9,11-12H2. The van der Waals surface area contributed by atoms with E-state index in [2.05, 4.69) is 59.2 Å². The maximum absolute atomic E-state index is 3.48. The highest BCUT2D eigenvalue weighted by molar-refractivity contribution is 5.56. The second kappa shape index (κ2) is 5.23. The summed E-state index contributed by atoms with van der Waals surface area (Å²) in [5, 5.41) is 6.90. The topological polar surface area (TPSA) is 24.1 Å². The highest BCUT2D eigenvalue weighted by atomic mass is 14.9. The second-order valence-electron chi connectivity index (χ2n) is 4.76. The summed E-state index contributed by atoms with van der Waals surface area (Å²) in [7, 11) is 0. The molecule has 0 spiro atoms. The fourth-order valence-electron chi connectivity index (χ4n) is 2.40. The minimum absolute atomic E-state index is 0.920. The van der Waals surface area contributed by atoms with Crippen LogP contribution >= 0.6 is 0 Å². The Labute approximate surface area is 108 Å². The van der Waals surface area contributed by atoms with Gasteiger partial charge in [-0.1, -0.05) is 42.5 Å². The first-order valence-electron chi connectivity index (χ1n) is 6.52. The van der Waals surface area contributed by atoms with E-state index in [0.29, 0.717) is 0 Å². The molecule has 3 rings (SSSR count). The second-order valence-corrected chi connectivity index (χ2v) is 4.76. The van der Waals surface area contributed by atoms with Crippen molar-refractivity contribution in [3.8, 4) is 0 Å². The van der Waals surface area contributed by atoms with Gasteiger partial charge in [0.1, 0.15) is 0 Å². The Hall–Kier alpha value is -1.80. The highest BCUT2D eigenvalue weighted by Gasteiger charge is 2.09. The zero-order valence-corrected chi connectivity index (χ0v) is 10.4. The Bertz CT molecular complexity index is 520. The molecule has 92 valence electrons. The number of anilines is 1. The van der Waals surface area contributed by atoms with Crippen molar-refractivity contribution in [1.82, 2.24) is 5.32 Å². The lowest BCUT2D eigenvalue weighted by Gasteiger charge is -2.07. The van der Waals surface area contributed by atoms with Gasteiger partial charge in [-0.3, -0.25) is 0 Å². The number of fused-ring (bicyclic) bond motifs is 1. The molecule has 1 aliphatic rings. The van der Waals surface area contributed by atoms with Gasteiger partial charge in [0.15, 0.2) is 0 Å². The fraction of sp³-hybridized carbons (Fsp3) is 0.250. The third-order valence-electron chi connectivity index (χ3n) is 3.39. The average molecular weight is 238 g/mol. The third-order valence-corrected chi connectivity index (χ3v) is 3.39. The molecule has 2 N–H and O–H groups in total. The lowest BCUT2D eigenvalue weighted by Crippen LogP contribution is -2.12. The van der Waals surface area contributed by atoms with Crippen LogP contribution in [-0.4, -0.2) is 6.54 Å². The lowest BCUT2D eigenvalue weighted by atomic mass is 10.1. The predicted octanol–water partition coefficient (Wildman–Crippen LogP) is 2.94. The van der Waals surface area contributed by atoms with E-state index in [0.717, 1.165) is 26.1 Å². The minimum Gasteiger partial charge on any atom is -0.384 e. The molecule has 2 aromatic carbocycles. The van der Waals surface area contributed by atoms with Crippen LogP contribution < -0.4 is 10.6 Å². The molecule has 0 bridgehead atoms. The number of hydrogen-bond donors (Lipinski definition) is 2. The Morgan fingerprint density at radius 2 is 1.78 bits per heavy atom. The first-order valence-corrected chi connectivity index (χ1v) is 6.52. The summed E-state index contributed by atoms with van der Waals surface area (Å²) < 4.78 is 0. The summed E-state index contributed by atoms with van der Waals surface area (Å²) in [6, 6.07) is 17.2. The SMILES string of the molecule is c1ccc(CNCc2ccc3c(c2)NCC3)cc1. The molecule has 2 aromatic rings. The maximum Gasteiger partial charge on any atom is 0.0376 e. The van der Waals surface area contributed by atoms with E-state index >= 15 is 0 Å². The van der Waals surface area contributed by atoms with E-state index in [1.54, 1.807) is 0 Å². The summed E-state index contributed by atoms with van der Waals surface area (Å²) in [4.78, 5) is 0. The van der Waals surface area contributed by atoms with Crippen LogP contribution in [0.15, 0.2) is 48.5 Å². The van der Waals surface area contributed by atoms with Crippen molar-refractivity contribution in [3.63, 3.8) is 0 Å². The van der Waals surface area contributed by atoms with Crippen LogP contribution in [0.5, 0.6) is 0 Å². The number of hydrogen-bond acceptors (Lipinski definition) is 2. The van der Waals surface area contributed by atoms with Gasteiger partial charge in [0.2, 0.25) is 0 Å². The van der Waals surface area contributed by atoms with E-state index in [-0.39, 0.29) is 0 Å². The molecule has 0 fully saturated rings. The maximum atomic E-state index is 3.48. The molecule has 0 saturated heterocycles. The van der Waals surface area contributed by atoms with Crippen LogP contribution in [0, 0.1) is 0 Å². The van der Waals surface area contributed by atoms with Crippen LogP contribution in [0.1, 0.15) is 16.7 Å². The Morgan fingerprint density at radius 1 is 0.944 bits per heavy atom. The van der Waals surface area contributed by atoms with E-state index in [9.17, 15) is 0 Å². The average Bonchev–Trinajstić information content (AvgIpc) is 2.87. The molecule has 0 radical (unpaired) electrons. The molecule has 1 heterocycles. The number of nitrogens with one attached hydrogen (secondary N) is 2. The summed E-state index contributed by atoms with van der Waals surface area (Å²) in [6.45, 7) is 2.92. The first kappa shape index (κ1) is 11.3. The molecule has 18 heavy (non-hydrogen) atoms. The quantitative estimate of drug-likeness (QED) is 0.855. The fourth-order valence-corrected chi connectivity index (χ4v) is 2.40. The molecule has 2 heteroatoms. The van der Waals surface area contributed by atoms with Crippen molar-refractivity contribution in [1.29, 1.82) is 0 Å². The van der Waals surface area contributed by atoms with Crippen LogP contribution in [0.4, 0.5) is 5.69 Å². The van der Waals surface area contributed by atoms with Crippen molar-refractivity contribution in [3.05, 3.63) is 65.2 Å². The Morgan fingerprint density at radius 3 is 2.67 bits per heavy atom. The zero-order chi connectivity index (χ0) is 12.2. The van der Waals surface area contributed by atoms with E-state index in [1.165, 1.54) is 22.4 Å². The molecular weight excluding hydrogens is 220 g/mol. The van der Waals surface area contributed by atoms with Gasteiger partial charge in [0.05, 0.1) is 0 Å². The molecule has 1 aliphatic heterocycles. The summed E-state index contributed by atoms with van der Waals surface area (Å²) in [5.41, 5.74) is 5.44. The van der Waals surface area contributed by atoms with E-state index in [4.69, 9.17) is 0 Å². The molecule has 2 nitrogen and oxygen atoms in total. The summed E-state index contributed by atoms with van der Waals surface area (Å²) in [6.07, 6.45) is 1.16. The normalized spacial score (nSPS) is 13.1. The van der Waals surface area contributed by atoms with Crippen molar-refractivity contribution >= 4 is 5.69 Å². The largest absolute Gasteiger partial charge is 0.384 e. The molecule has 0 aliphatic carbocycles. The smallest absolute Gasteiger partial charge is 0.0376 e. The van der Waals surface area contributed by atoms with Crippen molar-refractivity contribution in [2.45, 2.75) is 19.5 Å². The van der Waals surface area contributed by atoms with Gasteiger partial charge in [0.25, 0.3) is 0 Å². The van der Waals surface area contributed by atoms with Gasteiger partial charge < -0.3 is 10.6 Å². The van der Waals surface area contributed by atoms with Crippen LogP contribution in [-0.2, 0) is 19.5 Å². The Kier molecular flexibility index (Phi) is 3.29. The molecule has 0 aromatic heterocycles. The van der Waals surface area contributed by atoms with Gasteiger partial charge in [-0.05, 0) is 29.2 Å². The number of benzene rings is 2. The zero-order valence-electron chi connectivity index (χ0n) is 10.4. The molecule has 0 unspecified atom stereocenters. The Balaban J connectivity index is 1.57. The van der Waals surface area contributed by atoms with Crippen LogP contribution in [0.2, 0.25) is 0 Å². The van der Waals surface area contributed by atoms with Crippen LogP contribution in [0.25, 0.3) is 0 Å². The van der Waals surface area contributed by atoms with Crippen molar-refractivity contribution in [2.75, 3.05) is 11.9 Å².